The number of methoxy groups -OCH3 is 1. The fourth-order valence-corrected chi connectivity index (χ4v) is 4.31. The number of nitrogens with zero attached hydrogens (tertiary/aromatic N) is 1. The first-order valence-electron chi connectivity index (χ1n) is 9.12. The predicted molar refractivity (Wildman–Crippen MR) is 126 cm³/mol. The van der Waals surface area contributed by atoms with Crippen LogP contribution >= 0.6 is 24.0 Å². The van der Waals surface area contributed by atoms with E-state index in [0.29, 0.717) is 20.7 Å². The number of rotatable bonds is 5. The van der Waals surface area contributed by atoms with Crippen molar-refractivity contribution in [1.29, 1.82) is 0 Å². The first kappa shape index (κ1) is 20.0. The molecule has 0 spiro atoms. The molecule has 0 saturated carbocycles. The van der Waals surface area contributed by atoms with E-state index >= 15 is 0 Å². The Balaban J connectivity index is 1.54. The Kier molecular flexibility index (Phi) is 5.74. The summed E-state index contributed by atoms with van der Waals surface area (Å²) >= 11 is 6.69. The molecule has 0 radical (unpaired) electrons. The van der Waals surface area contributed by atoms with Gasteiger partial charge in [0.15, 0.2) is 15.8 Å². The largest absolute Gasteiger partial charge is 0.504 e. The van der Waals surface area contributed by atoms with Gasteiger partial charge in [-0.25, -0.2) is 0 Å². The minimum absolute atomic E-state index is 0.0476. The summed E-state index contributed by atoms with van der Waals surface area (Å²) in [5, 5.41) is 13.1. The topological polar surface area (TPSA) is 61.8 Å². The van der Waals surface area contributed by atoms with Crippen LogP contribution in [-0.4, -0.2) is 22.4 Å². The predicted octanol–water partition coefficient (Wildman–Crippen LogP) is 5.55. The quantitative estimate of drug-likeness (QED) is 0.406. The van der Waals surface area contributed by atoms with Crippen molar-refractivity contribution in [3.05, 3.63) is 83.3 Å². The van der Waals surface area contributed by atoms with E-state index in [4.69, 9.17) is 17.0 Å². The van der Waals surface area contributed by atoms with Gasteiger partial charge in [-0.3, -0.25) is 9.69 Å². The standard InChI is InChI=1S/C23H18N2O3S2/c1-28-20-13-15(7-12-19(20)26)14-21-22(27)25(23(29)30-21)18-10-8-17(9-11-18)24-16-5-3-2-4-6-16/h2-14,24,26H,1H3/b21-14-. The number of phenolic OH excluding ortho intramolecular Hbond substituents is 1. The zero-order chi connectivity index (χ0) is 21.1. The molecule has 1 heterocycles. The van der Waals surface area contributed by atoms with Crippen LogP contribution in [0.5, 0.6) is 11.5 Å². The highest BCUT2D eigenvalue weighted by Gasteiger charge is 2.33. The van der Waals surface area contributed by atoms with E-state index < -0.39 is 0 Å². The fourth-order valence-electron chi connectivity index (χ4n) is 3.01. The summed E-state index contributed by atoms with van der Waals surface area (Å²) in [5.74, 6) is 0.216. The van der Waals surface area contributed by atoms with Crippen LogP contribution in [0.25, 0.3) is 6.08 Å². The zero-order valence-electron chi connectivity index (χ0n) is 16.0. The molecule has 30 heavy (non-hydrogen) atoms. The van der Waals surface area contributed by atoms with Crippen molar-refractivity contribution in [1.82, 2.24) is 0 Å². The number of hydrogen-bond donors (Lipinski definition) is 2. The molecule has 0 atom stereocenters. The van der Waals surface area contributed by atoms with Gasteiger partial charge in [0.1, 0.15) is 0 Å². The second-order valence-electron chi connectivity index (χ2n) is 6.49. The van der Waals surface area contributed by atoms with Crippen LogP contribution < -0.4 is 15.0 Å². The van der Waals surface area contributed by atoms with Crippen molar-refractivity contribution in [3.8, 4) is 11.5 Å². The van der Waals surface area contributed by atoms with E-state index in [9.17, 15) is 9.90 Å². The first-order chi connectivity index (χ1) is 14.5. The van der Waals surface area contributed by atoms with Gasteiger partial charge in [0.05, 0.1) is 17.7 Å². The van der Waals surface area contributed by atoms with Gasteiger partial charge in [-0.05, 0) is 60.2 Å². The van der Waals surface area contributed by atoms with Gasteiger partial charge in [-0.2, -0.15) is 0 Å². The van der Waals surface area contributed by atoms with Crippen LogP contribution in [-0.2, 0) is 4.79 Å². The number of benzene rings is 3. The first-order valence-corrected chi connectivity index (χ1v) is 10.3. The summed E-state index contributed by atoms with van der Waals surface area (Å²) in [6.45, 7) is 0. The maximum absolute atomic E-state index is 13.0. The molecule has 1 saturated heterocycles. The summed E-state index contributed by atoms with van der Waals surface area (Å²) in [5.41, 5.74) is 3.36. The maximum Gasteiger partial charge on any atom is 0.270 e. The third-order valence-electron chi connectivity index (χ3n) is 4.48. The average molecular weight is 435 g/mol. The molecule has 7 heteroatoms. The number of hydrogen-bond acceptors (Lipinski definition) is 6. The molecule has 1 aliphatic rings. The summed E-state index contributed by atoms with van der Waals surface area (Å²) in [6, 6.07) is 22.3. The Morgan fingerprint density at radius 3 is 2.43 bits per heavy atom. The van der Waals surface area contributed by atoms with Crippen molar-refractivity contribution in [3.63, 3.8) is 0 Å². The smallest absolute Gasteiger partial charge is 0.270 e. The van der Waals surface area contributed by atoms with Crippen molar-refractivity contribution in [2.45, 2.75) is 0 Å². The number of thioether (sulfide) groups is 1. The third kappa shape index (κ3) is 4.17. The minimum atomic E-state index is -0.180. The van der Waals surface area contributed by atoms with E-state index in [1.807, 2.05) is 54.6 Å². The molecule has 0 unspecified atom stereocenters. The van der Waals surface area contributed by atoms with Crippen molar-refractivity contribution >= 4 is 57.3 Å². The Morgan fingerprint density at radius 1 is 1.03 bits per heavy atom. The van der Waals surface area contributed by atoms with Gasteiger partial charge in [0.25, 0.3) is 5.91 Å². The summed E-state index contributed by atoms with van der Waals surface area (Å²) in [6.07, 6.45) is 1.74. The van der Waals surface area contributed by atoms with Crippen LogP contribution in [0.15, 0.2) is 77.7 Å². The van der Waals surface area contributed by atoms with Crippen molar-refractivity contribution in [2.24, 2.45) is 0 Å². The number of amides is 1. The Morgan fingerprint density at radius 2 is 1.73 bits per heavy atom. The lowest BCUT2D eigenvalue weighted by Crippen LogP contribution is -2.27. The number of thiocarbonyl (C=S) groups is 1. The molecule has 4 rings (SSSR count). The van der Waals surface area contributed by atoms with Gasteiger partial charge < -0.3 is 15.2 Å². The van der Waals surface area contributed by atoms with E-state index in [2.05, 4.69) is 5.32 Å². The van der Waals surface area contributed by atoms with E-state index in [1.54, 1.807) is 18.2 Å². The van der Waals surface area contributed by atoms with Gasteiger partial charge in [0.2, 0.25) is 0 Å². The molecule has 1 fully saturated rings. The monoisotopic (exact) mass is 434 g/mol. The molecule has 5 nitrogen and oxygen atoms in total. The minimum Gasteiger partial charge on any atom is -0.504 e. The van der Waals surface area contributed by atoms with Gasteiger partial charge in [-0.1, -0.05) is 48.2 Å². The molecule has 1 amide bonds. The van der Waals surface area contributed by atoms with Gasteiger partial charge in [-0.15, -0.1) is 0 Å². The van der Waals surface area contributed by atoms with Crippen LogP contribution in [0.4, 0.5) is 17.1 Å². The van der Waals surface area contributed by atoms with Crippen LogP contribution in [0.2, 0.25) is 0 Å². The molecule has 0 bridgehead atoms. The van der Waals surface area contributed by atoms with E-state index in [0.717, 1.165) is 16.9 Å². The number of phenols is 1. The van der Waals surface area contributed by atoms with E-state index in [-0.39, 0.29) is 11.7 Å². The lowest BCUT2D eigenvalue weighted by atomic mass is 10.2. The summed E-state index contributed by atoms with van der Waals surface area (Å²) < 4.78 is 5.60. The average Bonchev–Trinajstić information content (AvgIpc) is 3.04. The highest BCUT2D eigenvalue weighted by atomic mass is 32.2. The molecule has 2 N–H and O–H groups in total. The normalized spacial score (nSPS) is 15.0. The number of nitrogens with one attached hydrogen (secondary N) is 1. The zero-order valence-corrected chi connectivity index (χ0v) is 17.7. The van der Waals surface area contributed by atoms with Crippen LogP contribution in [0, 0.1) is 0 Å². The molecule has 3 aromatic rings. The molecule has 3 aromatic carbocycles. The van der Waals surface area contributed by atoms with Crippen molar-refractivity contribution in [2.75, 3.05) is 17.3 Å². The molecule has 0 aromatic heterocycles. The van der Waals surface area contributed by atoms with Crippen LogP contribution in [0.1, 0.15) is 5.56 Å². The number of carbonyl (C=O) groups is 1. The number of para-hydroxylation sites is 1. The molecule has 1 aliphatic heterocycles. The van der Waals surface area contributed by atoms with Crippen LogP contribution in [0.3, 0.4) is 0 Å². The summed E-state index contributed by atoms with van der Waals surface area (Å²) in [4.78, 5) is 15.0. The molecular weight excluding hydrogens is 416 g/mol. The highest BCUT2D eigenvalue weighted by molar-refractivity contribution is 8.27. The van der Waals surface area contributed by atoms with Gasteiger partial charge in [0, 0.05) is 11.4 Å². The Hall–Kier alpha value is -3.29. The maximum atomic E-state index is 13.0. The number of aromatic hydroxyl groups is 1. The Bertz CT molecular complexity index is 1130. The Labute approximate surface area is 184 Å². The second-order valence-corrected chi connectivity index (χ2v) is 8.16. The van der Waals surface area contributed by atoms with Crippen molar-refractivity contribution < 1.29 is 14.6 Å². The SMILES string of the molecule is COc1cc(/C=C2\SC(=S)N(c3ccc(Nc4ccccc4)cc3)C2=O)ccc1O. The molecular formula is C23H18N2O3S2. The number of carbonyl (C=O) groups excluding carboxylic acids is 1. The lowest BCUT2D eigenvalue weighted by Gasteiger charge is -2.15. The third-order valence-corrected chi connectivity index (χ3v) is 5.79. The molecule has 0 aliphatic carbocycles. The second kappa shape index (κ2) is 8.61. The van der Waals surface area contributed by atoms with E-state index in [1.165, 1.54) is 29.8 Å². The fraction of sp³-hybridized carbons (Fsp3) is 0.0435. The lowest BCUT2D eigenvalue weighted by molar-refractivity contribution is -0.113. The summed E-state index contributed by atoms with van der Waals surface area (Å²) in [7, 11) is 1.48. The highest BCUT2D eigenvalue weighted by Crippen LogP contribution is 2.37. The number of anilines is 3. The number of ether oxygens (including phenoxy) is 1. The van der Waals surface area contributed by atoms with Gasteiger partial charge >= 0.3 is 0 Å². The molecule has 150 valence electrons.